The molecule has 1 N–H and O–H groups in total. The Balaban J connectivity index is 0.00000112. The van der Waals surface area contributed by atoms with Crippen molar-refractivity contribution in [2.24, 2.45) is 0 Å². The second kappa shape index (κ2) is 4.97. The molecule has 5 heteroatoms. The van der Waals surface area contributed by atoms with Gasteiger partial charge in [0.15, 0.2) is 0 Å². The third-order valence-electron chi connectivity index (χ3n) is 2.72. The predicted molar refractivity (Wildman–Crippen MR) is 54.9 cm³/mol. The first-order chi connectivity index (χ1) is 6.57. The Bertz CT molecular complexity index is 447. The van der Waals surface area contributed by atoms with Gasteiger partial charge in [-0.15, -0.1) is 0 Å². The van der Waals surface area contributed by atoms with Crippen LogP contribution in [0.3, 0.4) is 0 Å². The van der Waals surface area contributed by atoms with E-state index in [0.717, 1.165) is 12.0 Å². The van der Waals surface area contributed by atoms with Gasteiger partial charge < -0.3 is 1.43 Å². The Morgan fingerprint density at radius 1 is 1.27 bits per heavy atom. The summed E-state index contributed by atoms with van der Waals surface area (Å²) in [7, 11) is -3.87. The molecule has 1 aromatic carbocycles. The van der Waals surface area contributed by atoms with Gasteiger partial charge in [-0.25, -0.2) is 0 Å². The van der Waals surface area contributed by atoms with Gasteiger partial charge in [-0.3, -0.25) is 4.55 Å². The first-order valence-electron chi connectivity index (χ1n) is 4.60. The van der Waals surface area contributed by atoms with E-state index in [1.54, 1.807) is 0 Å². The van der Waals surface area contributed by atoms with Gasteiger partial charge >= 0.3 is 29.6 Å². The normalized spacial score (nSPS) is 20.2. The van der Waals surface area contributed by atoms with Gasteiger partial charge in [0.1, 0.15) is 0 Å². The van der Waals surface area contributed by atoms with Gasteiger partial charge in [0.05, 0.1) is 5.25 Å². The van der Waals surface area contributed by atoms with E-state index < -0.39 is 15.4 Å². The molecule has 15 heavy (non-hydrogen) atoms. The van der Waals surface area contributed by atoms with Crippen LogP contribution in [0.1, 0.15) is 19.0 Å². The fourth-order valence-electron chi connectivity index (χ4n) is 1.92. The molecule has 3 nitrogen and oxygen atoms in total. The van der Waals surface area contributed by atoms with Crippen LogP contribution in [0.2, 0.25) is 0 Å². The van der Waals surface area contributed by atoms with E-state index in [9.17, 15) is 8.42 Å². The standard InChI is InChI=1S/C10H12O3S.Na.H/c11-14(12,13)10-6-5-8-3-1-2-4-9(8)7-10;;/h1-4,10H,5-7H2,(H,11,12,13);;/q;+1;-1. The Kier molecular flexibility index (Phi) is 4.38. The zero-order valence-corrected chi connectivity index (χ0v) is 11.5. The first kappa shape index (κ1) is 13.2. The molecule has 1 unspecified atom stereocenters. The zero-order chi connectivity index (χ0) is 10.2. The minimum absolute atomic E-state index is 0. The van der Waals surface area contributed by atoms with Crippen molar-refractivity contribution in [1.82, 2.24) is 0 Å². The molecule has 1 aliphatic carbocycles. The molecule has 0 fully saturated rings. The summed E-state index contributed by atoms with van der Waals surface area (Å²) in [6.45, 7) is 0. The second-order valence-electron chi connectivity index (χ2n) is 3.65. The van der Waals surface area contributed by atoms with Crippen molar-refractivity contribution in [2.75, 3.05) is 0 Å². The van der Waals surface area contributed by atoms with E-state index in [4.69, 9.17) is 4.55 Å². The minimum Gasteiger partial charge on any atom is -1.00 e. The largest absolute Gasteiger partial charge is 1.00 e. The molecule has 0 heterocycles. The van der Waals surface area contributed by atoms with Crippen LogP contribution in [-0.2, 0) is 23.0 Å². The Morgan fingerprint density at radius 3 is 2.47 bits per heavy atom. The number of hydrogen-bond acceptors (Lipinski definition) is 2. The van der Waals surface area contributed by atoms with Crippen LogP contribution in [0.25, 0.3) is 0 Å². The zero-order valence-electron chi connectivity index (χ0n) is 9.68. The number of aryl methyl sites for hydroxylation is 1. The predicted octanol–water partition coefficient (Wildman–Crippen LogP) is -1.45. The molecular weight excluding hydrogens is 223 g/mol. The number of benzene rings is 1. The summed E-state index contributed by atoms with van der Waals surface area (Å²) >= 11 is 0. The molecule has 1 atom stereocenters. The fraction of sp³-hybridized carbons (Fsp3) is 0.400. The van der Waals surface area contributed by atoms with Crippen LogP contribution < -0.4 is 29.6 Å². The van der Waals surface area contributed by atoms with Crippen molar-refractivity contribution in [3.63, 3.8) is 0 Å². The van der Waals surface area contributed by atoms with Crippen LogP contribution in [0.15, 0.2) is 24.3 Å². The topological polar surface area (TPSA) is 54.4 Å². The maximum absolute atomic E-state index is 11.0. The van der Waals surface area contributed by atoms with Crippen molar-refractivity contribution >= 4 is 10.1 Å². The van der Waals surface area contributed by atoms with Gasteiger partial charge in [-0.1, -0.05) is 24.3 Å². The summed E-state index contributed by atoms with van der Waals surface area (Å²) in [6.07, 6.45) is 1.70. The number of fused-ring (bicyclic) bond motifs is 1. The average molecular weight is 236 g/mol. The number of rotatable bonds is 1. The maximum atomic E-state index is 11.0. The van der Waals surface area contributed by atoms with Gasteiger partial charge in [0, 0.05) is 0 Å². The minimum atomic E-state index is -3.87. The molecule has 0 amide bonds. The summed E-state index contributed by atoms with van der Waals surface area (Å²) < 4.78 is 30.8. The van der Waals surface area contributed by atoms with Crippen LogP contribution in [0.4, 0.5) is 0 Å². The van der Waals surface area contributed by atoms with E-state index in [-0.39, 0.29) is 31.0 Å². The summed E-state index contributed by atoms with van der Waals surface area (Å²) in [6, 6.07) is 7.78. The molecule has 0 saturated heterocycles. The average Bonchev–Trinajstić information content (AvgIpc) is 2.16. The molecule has 1 aliphatic rings. The fourth-order valence-corrected chi connectivity index (χ4v) is 2.72. The monoisotopic (exact) mass is 236 g/mol. The molecule has 0 aromatic heterocycles. The van der Waals surface area contributed by atoms with Crippen LogP contribution in [0.5, 0.6) is 0 Å². The molecular formula is C10H13NaO3S. The second-order valence-corrected chi connectivity index (χ2v) is 5.35. The van der Waals surface area contributed by atoms with E-state index >= 15 is 0 Å². The van der Waals surface area contributed by atoms with Gasteiger partial charge in [0.25, 0.3) is 10.1 Å². The molecule has 0 spiro atoms. The van der Waals surface area contributed by atoms with Crippen LogP contribution in [0, 0.1) is 0 Å². The summed E-state index contributed by atoms with van der Waals surface area (Å²) in [5.41, 5.74) is 2.24. The van der Waals surface area contributed by atoms with Crippen molar-refractivity contribution < 1.29 is 44.0 Å². The van der Waals surface area contributed by atoms with Gasteiger partial charge in [-0.05, 0) is 30.4 Å². The third-order valence-corrected chi connectivity index (χ3v) is 3.97. The van der Waals surface area contributed by atoms with Crippen LogP contribution >= 0.6 is 0 Å². The smallest absolute Gasteiger partial charge is 1.00 e. The summed E-state index contributed by atoms with van der Waals surface area (Å²) in [4.78, 5) is 0. The Labute approximate surface area is 113 Å². The Morgan fingerprint density at radius 2 is 1.87 bits per heavy atom. The Hall–Kier alpha value is 0.130. The van der Waals surface area contributed by atoms with Crippen molar-refractivity contribution in [1.29, 1.82) is 0 Å². The molecule has 0 aliphatic heterocycles. The van der Waals surface area contributed by atoms with E-state index in [0.29, 0.717) is 12.8 Å². The van der Waals surface area contributed by atoms with Crippen molar-refractivity contribution in [3.05, 3.63) is 35.4 Å². The van der Waals surface area contributed by atoms with Gasteiger partial charge in [0.2, 0.25) is 0 Å². The third kappa shape index (κ3) is 3.04. The van der Waals surface area contributed by atoms with Crippen LogP contribution in [-0.4, -0.2) is 18.2 Å². The summed E-state index contributed by atoms with van der Waals surface area (Å²) in [5, 5.41) is -0.614. The number of hydrogen-bond donors (Lipinski definition) is 1. The molecule has 0 bridgehead atoms. The SMILES string of the molecule is O=S(=O)(O)C1CCc2ccccc2C1.[H-].[Na+]. The molecule has 1 aromatic rings. The quantitative estimate of drug-likeness (QED) is 0.479. The van der Waals surface area contributed by atoms with Crippen molar-refractivity contribution in [2.45, 2.75) is 24.5 Å². The molecule has 0 saturated carbocycles. The molecule has 2 rings (SSSR count). The maximum Gasteiger partial charge on any atom is 1.00 e. The van der Waals surface area contributed by atoms with E-state index in [1.165, 1.54) is 5.56 Å². The van der Waals surface area contributed by atoms with Gasteiger partial charge in [-0.2, -0.15) is 8.42 Å². The first-order valence-corrected chi connectivity index (χ1v) is 6.11. The van der Waals surface area contributed by atoms with E-state index in [2.05, 4.69) is 0 Å². The molecule has 0 radical (unpaired) electrons. The van der Waals surface area contributed by atoms with Crippen molar-refractivity contribution in [3.8, 4) is 0 Å². The summed E-state index contributed by atoms with van der Waals surface area (Å²) in [5.74, 6) is 0. The molecule has 78 valence electrons. The van der Waals surface area contributed by atoms with E-state index in [1.807, 2.05) is 24.3 Å².